The third-order valence-electron chi connectivity index (χ3n) is 2.73. The van der Waals surface area contributed by atoms with Gasteiger partial charge in [0.05, 0.1) is 15.7 Å². The van der Waals surface area contributed by atoms with E-state index in [-0.39, 0.29) is 33.5 Å². The summed E-state index contributed by atoms with van der Waals surface area (Å²) >= 11 is 12.9. The second kappa shape index (κ2) is 5.61. The maximum atomic E-state index is 11.9. The highest BCUT2D eigenvalue weighted by Crippen LogP contribution is 2.38. The van der Waals surface area contributed by atoms with Crippen LogP contribution in [0.2, 0.25) is 10.0 Å². The van der Waals surface area contributed by atoms with Gasteiger partial charge in [-0.05, 0) is 6.07 Å². The van der Waals surface area contributed by atoms with Crippen LogP contribution in [0.1, 0.15) is 13.3 Å². The van der Waals surface area contributed by atoms with Gasteiger partial charge in [0.25, 0.3) is 0 Å². The van der Waals surface area contributed by atoms with Crippen LogP contribution in [-0.2, 0) is 9.59 Å². The zero-order chi connectivity index (χ0) is 14.2. The second-order valence-electron chi connectivity index (χ2n) is 4.19. The van der Waals surface area contributed by atoms with Crippen molar-refractivity contribution in [3.05, 3.63) is 22.2 Å². The molecule has 0 bridgehead atoms. The molecular weight excluding hydrogens is 309 g/mol. The molecule has 19 heavy (non-hydrogen) atoms. The molecule has 1 fully saturated rings. The molecule has 0 aliphatic carbocycles. The minimum absolute atomic E-state index is 0.0234. The number of anilines is 1. The van der Waals surface area contributed by atoms with E-state index in [4.69, 9.17) is 23.2 Å². The van der Waals surface area contributed by atoms with E-state index in [1.54, 1.807) is 0 Å². The van der Waals surface area contributed by atoms with Crippen molar-refractivity contribution in [3.63, 3.8) is 0 Å². The lowest BCUT2D eigenvalue weighted by Gasteiger charge is -2.18. The van der Waals surface area contributed by atoms with E-state index in [0.29, 0.717) is 17.3 Å². The molecule has 0 spiro atoms. The van der Waals surface area contributed by atoms with E-state index >= 15 is 0 Å². The first-order chi connectivity index (χ1) is 8.88. The Morgan fingerprint density at radius 2 is 2.11 bits per heavy atom. The van der Waals surface area contributed by atoms with Gasteiger partial charge < -0.3 is 10.0 Å². The zero-order valence-corrected chi connectivity index (χ0v) is 12.3. The monoisotopic (exact) mass is 319 g/mol. The van der Waals surface area contributed by atoms with Crippen molar-refractivity contribution in [1.29, 1.82) is 0 Å². The Hall–Kier alpha value is -0.910. The molecule has 1 aliphatic rings. The normalized spacial score (nSPS) is 19.0. The number of carbonyl (C=O) groups is 2. The maximum Gasteiger partial charge on any atom is 0.228 e. The molecule has 1 aromatic carbocycles. The summed E-state index contributed by atoms with van der Waals surface area (Å²) in [5.74, 6) is -0.251. The summed E-state index contributed by atoms with van der Waals surface area (Å²) in [5, 5.41) is 9.92. The Balaban J connectivity index is 2.25. The van der Waals surface area contributed by atoms with E-state index in [1.807, 2.05) is 0 Å². The Morgan fingerprint density at radius 1 is 1.42 bits per heavy atom. The van der Waals surface area contributed by atoms with Gasteiger partial charge in [0.15, 0.2) is 5.12 Å². The van der Waals surface area contributed by atoms with Crippen molar-refractivity contribution >= 4 is 51.7 Å². The topological polar surface area (TPSA) is 57.6 Å². The number of hydrogen-bond donors (Lipinski definition) is 1. The summed E-state index contributed by atoms with van der Waals surface area (Å²) in [7, 11) is 0. The van der Waals surface area contributed by atoms with Gasteiger partial charge in [-0.25, -0.2) is 0 Å². The number of phenols is 1. The predicted molar refractivity (Wildman–Crippen MR) is 77.2 cm³/mol. The quantitative estimate of drug-likeness (QED) is 0.910. The van der Waals surface area contributed by atoms with Crippen LogP contribution in [-0.4, -0.2) is 27.9 Å². The first-order valence-corrected chi connectivity index (χ1v) is 7.17. The number of hydrogen-bond acceptors (Lipinski definition) is 4. The third-order valence-corrected chi connectivity index (χ3v) is 4.32. The highest BCUT2D eigenvalue weighted by Gasteiger charge is 2.33. The summed E-state index contributed by atoms with van der Waals surface area (Å²) in [6.45, 7) is 1.86. The lowest BCUT2D eigenvalue weighted by atomic mass is 10.2. The Labute approximate surface area is 124 Å². The van der Waals surface area contributed by atoms with Crippen molar-refractivity contribution in [2.75, 3.05) is 11.4 Å². The molecule has 0 saturated carbocycles. The smallest absolute Gasteiger partial charge is 0.228 e. The largest absolute Gasteiger partial charge is 0.506 e. The molecule has 1 unspecified atom stereocenters. The van der Waals surface area contributed by atoms with E-state index in [0.717, 1.165) is 11.8 Å². The number of rotatable bonds is 2. The van der Waals surface area contributed by atoms with E-state index < -0.39 is 0 Å². The average Bonchev–Trinajstić information content (AvgIpc) is 2.63. The minimum atomic E-state index is -0.128. The third kappa shape index (κ3) is 3.16. The molecule has 7 heteroatoms. The van der Waals surface area contributed by atoms with Gasteiger partial charge >= 0.3 is 0 Å². The molecule has 1 N–H and O–H groups in total. The highest BCUT2D eigenvalue weighted by atomic mass is 35.5. The summed E-state index contributed by atoms with van der Waals surface area (Å²) in [5.41, 5.74) is 0.417. The molecular formula is C12H11Cl2NO3S. The van der Waals surface area contributed by atoms with Crippen LogP contribution in [0.5, 0.6) is 5.75 Å². The van der Waals surface area contributed by atoms with Gasteiger partial charge in [-0.15, -0.1) is 0 Å². The van der Waals surface area contributed by atoms with Gasteiger partial charge in [0.1, 0.15) is 5.75 Å². The van der Waals surface area contributed by atoms with Crippen LogP contribution < -0.4 is 4.90 Å². The van der Waals surface area contributed by atoms with Crippen molar-refractivity contribution in [3.8, 4) is 5.75 Å². The molecule has 1 aliphatic heterocycles. The molecule has 0 radical (unpaired) electrons. The summed E-state index contributed by atoms with van der Waals surface area (Å²) in [6.07, 6.45) is 0.282. The van der Waals surface area contributed by atoms with Crippen LogP contribution in [0.3, 0.4) is 0 Å². The molecule has 1 amide bonds. The van der Waals surface area contributed by atoms with Crippen molar-refractivity contribution in [1.82, 2.24) is 0 Å². The number of thioether (sulfide) groups is 1. The van der Waals surface area contributed by atoms with E-state index in [1.165, 1.54) is 24.0 Å². The van der Waals surface area contributed by atoms with Gasteiger partial charge in [-0.3, -0.25) is 9.59 Å². The molecule has 1 aromatic rings. The second-order valence-corrected chi connectivity index (χ2v) is 6.49. The number of nitrogens with zero attached hydrogens (tertiary/aromatic N) is 1. The van der Waals surface area contributed by atoms with Gasteiger partial charge in [0.2, 0.25) is 5.91 Å². The Bertz CT molecular complexity index is 550. The lowest BCUT2D eigenvalue weighted by molar-refractivity contribution is -0.117. The van der Waals surface area contributed by atoms with Crippen molar-refractivity contribution in [2.45, 2.75) is 18.6 Å². The standard InChI is InChI=1S/C12H11Cl2NO3S/c1-6(16)19-7-2-12(18)15(5-7)10-4-11(17)9(14)3-8(10)13/h3-4,7,17H,2,5H2,1H3. The number of benzene rings is 1. The van der Waals surface area contributed by atoms with Crippen LogP contribution in [0, 0.1) is 0 Å². The summed E-state index contributed by atoms with van der Waals surface area (Å²) in [6, 6.07) is 2.76. The number of amides is 1. The number of carbonyl (C=O) groups excluding carboxylic acids is 2. The molecule has 0 aromatic heterocycles. The van der Waals surface area contributed by atoms with Crippen molar-refractivity contribution in [2.24, 2.45) is 0 Å². The average molecular weight is 320 g/mol. The zero-order valence-electron chi connectivity index (χ0n) is 10.0. The first-order valence-electron chi connectivity index (χ1n) is 5.54. The molecule has 1 atom stereocenters. The SMILES string of the molecule is CC(=O)SC1CC(=O)N(c2cc(O)c(Cl)cc2Cl)C1. The first kappa shape index (κ1) is 14.5. The Morgan fingerprint density at radius 3 is 2.74 bits per heavy atom. The van der Waals surface area contributed by atoms with Gasteiger partial charge in [0, 0.05) is 31.2 Å². The molecule has 102 valence electrons. The predicted octanol–water partition coefficient (Wildman–Crippen LogP) is 3.08. The highest BCUT2D eigenvalue weighted by molar-refractivity contribution is 8.14. The maximum absolute atomic E-state index is 11.9. The molecule has 1 heterocycles. The fourth-order valence-corrected chi connectivity index (χ4v) is 3.36. The molecule has 1 saturated heterocycles. The van der Waals surface area contributed by atoms with Crippen molar-refractivity contribution < 1.29 is 14.7 Å². The van der Waals surface area contributed by atoms with E-state index in [2.05, 4.69) is 0 Å². The minimum Gasteiger partial charge on any atom is -0.506 e. The Kier molecular flexibility index (Phi) is 4.28. The molecule has 2 rings (SSSR count). The van der Waals surface area contributed by atoms with E-state index in [9.17, 15) is 14.7 Å². The van der Waals surface area contributed by atoms with Crippen LogP contribution in [0.15, 0.2) is 12.1 Å². The number of halogens is 2. The lowest BCUT2D eigenvalue weighted by Crippen LogP contribution is -2.25. The van der Waals surface area contributed by atoms with Gasteiger partial charge in [-0.1, -0.05) is 35.0 Å². The number of aromatic hydroxyl groups is 1. The van der Waals surface area contributed by atoms with Gasteiger partial charge in [-0.2, -0.15) is 0 Å². The summed E-state index contributed by atoms with van der Waals surface area (Å²) < 4.78 is 0. The molecule has 4 nitrogen and oxygen atoms in total. The fourth-order valence-electron chi connectivity index (χ4n) is 1.95. The van der Waals surface area contributed by atoms with Crippen LogP contribution >= 0.6 is 35.0 Å². The fraction of sp³-hybridized carbons (Fsp3) is 0.333. The summed E-state index contributed by atoms with van der Waals surface area (Å²) in [4.78, 5) is 24.5. The van der Waals surface area contributed by atoms with Crippen LogP contribution in [0.4, 0.5) is 5.69 Å². The number of phenolic OH excluding ortho intramolecular Hbond substituents is 1. The van der Waals surface area contributed by atoms with Crippen LogP contribution in [0.25, 0.3) is 0 Å².